The van der Waals surface area contributed by atoms with Crippen molar-refractivity contribution in [3.05, 3.63) is 36.2 Å². The Morgan fingerprint density at radius 2 is 2.00 bits per heavy atom. The van der Waals surface area contributed by atoms with Gasteiger partial charge >= 0.3 is 0 Å². The SMILES string of the molecule is NC(=O)c1cccnc1OC1CCC(Nc2nccc(N3CC[C@H](F)C3)n2)CC1. The number of hydrogen-bond donors (Lipinski definition) is 2. The van der Waals surface area contributed by atoms with Crippen LogP contribution in [-0.4, -0.2) is 52.3 Å². The molecule has 0 radical (unpaired) electrons. The van der Waals surface area contributed by atoms with Gasteiger partial charge in [0.25, 0.3) is 5.91 Å². The fourth-order valence-corrected chi connectivity index (χ4v) is 3.86. The van der Waals surface area contributed by atoms with Crippen molar-refractivity contribution in [1.82, 2.24) is 15.0 Å². The summed E-state index contributed by atoms with van der Waals surface area (Å²) < 4.78 is 19.4. The van der Waals surface area contributed by atoms with E-state index in [9.17, 15) is 9.18 Å². The quantitative estimate of drug-likeness (QED) is 0.766. The summed E-state index contributed by atoms with van der Waals surface area (Å²) in [6.45, 7) is 1.07. The van der Waals surface area contributed by atoms with Gasteiger partial charge in [-0.3, -0.25) is 4.79 Å². The molecule has 1 aliphatic carbocycles. The van der Waals surface area contributed by atoms with Crippen LogP contribution < -0.4 is 20.7 Å². The van der Waals surface area contributed by atoms with Crippen molar-refractivity contribution < 1.29 is 13.9 Å². The second-order valence-electron chi connectivity index (χ2n) is 7.53. The van der Waals surface area contributed by atoms with Crippen molar-refractivity contribution in [2.45, 2.75) is 50.4 Å². The molecule has 29 heavy (non-hydrogen) atoms. The average Bonchev–Trinajstić information content (AvgIpc) is 3.16. The number of carbonyl (C=O) groups is 1. The van der Waals surface area contributed by atoms with Gasteiger partial charge in [0.2, 0.25) is 11.8 Å². The largest absolute Gasteiger partial charge is 0.474 e. The summed E-state index contributed by atoms with van der Waals surface area (Å²) >= 11 is 0. The molecule has 1 atom stereocenters. The van der Waals surface area contributed by atoms with Crippen molar-refractivity contribution in [2.75, 3.05) is 23.3 Å². The highest BCUT2D eigenvalue weighted by Crippen LogP contribution is 2.27. The number of aromatic nitrogens is 3. The number of pyridine rings is 1. The minimum absolute atomic E-state index is 0.0145. The minimum atomic E-state index is -0.786. The molecule has 2 fully saturated rings. The molecule has 3 heterocycles. The third kappa shape index (κ3) is 4.72. The molecule has 0 spiro atoms. The Labute approximate surface area is 168 Å². The third-order valence-corrected chi connectivity index (χ3v) is 5.42. The first kappa shape index (κ1) is 19.4. The van der Waals surface area contributed by atoms with E-state index in [0.29, 0.717) is 36.9 Å². The molecular formula is C20H25FN6O2. The monoisotopic (exact) mass is 400 g/mol. The lowest BCUT2D eigenvalue weighted by atomic mass is 9.93. The first-order valence-electron chi connectivity index (χ1n) is 9.98. The first-order valence-corrected chi connectivity index (χ1v) is 9.98. The summed E-state index contributed by atoms with van der Waals surface area (Å²) in [5, 5.41) is 3.38. The Kier molecular flexibility index (Phi) is 5.73. The summed E-state index contributed by atoms with van der Waals surface area (Å²) in [6, 6.07) is 5.33. The van der Waals surface area contributed by atoms with Crippen molar-refractivity contribution in [1.29, 1.82) is 0 Å². The van der Waals surface area contributed by atoms with E-state index in [1.807, 2.05) is 11.0 Å². The van der Waals surface area contributed by atoms with Crippen LogP contribution in [0, 0.1) is 0 Å². The lowest BCUT2D eigenvalue weighted by Gasteiger charge is -2.29. The van der Waals surface area contributed by atoms with Gasteiger partial charge in [-0.05, 0) is 50.3 Å². The number of nitrogens with two attached hydrogens (primary N) is 1. The Balaban J connectivity index is 1.31. The molecule has 2 aromatic rings. The van der Waals surface area contributed by atoms with Crippen molar-refractivity contribution in [3.8, 4) is 5.88 Å². The van der Waals surface area contributed by atoms with Gasteiger partial charge in [0.1, 0.15) is 23.7 Å². The summed E-state index contributed by atoms with van der Waals surface area (Å²) in [5.41, 5.74) is 5.69. The van der Waals surface area contributed by atoms with E-state index >= 15 is 0 Å². The number of primary amides is 1. The van der Waals surface area contributed by atoms with E-state index in [1.165, 1.54) is 0 Å². The van der Waals surface area contributed by atoms with E-state index in [4.69, 9.17) is 10.5 Å². The van der Waals surface area contributed by atoms with Gasteiger partial charge in [0.15, 0.2) is 0 Å². The maximum atomic E-state index is 13.5. The maximum absolute atomic E-state index is 13.5. The van der Waals surface area contributed by atoms with E-state index in [-0.39, 0.29) is 12.1 Å². The molecule has 1 saturated heterocycles. The Bertz CT molecular complexity index is 858. The molecule has 2 aliphatic rings. The number of hydrogen-bond acceptors (Lipinski definition) is 7. The number of ether oxygens (including phenoxy) is 1. The van der Waals surface area contributed by atoms with Crippen LogP contribution in [0.1, 0.15) is 42.5 Å². The molecule has 0 bridgehead atoms. The maximum Gasteiger partial charge on any atom is 0.254 e. The van der Waals surface area contributed by atoms with Gasteiger partial charge < -0.3 is 20.7 Å². The number of nitrogens with zero attached hydrogens (tertiary/aromatic N) is 4. The van der Waals surface area contributed by atoms with Gasteiger partial charge in [-0.15, -0.1) is 0 Å². The van der Waals surface area contributed by atoms with E-state index in [2.05, 4.69) is 20.3 Å². The van der Waals surface area contributed by atoms with Gasteiger partial charge in [-0.1, -0.05) is 0 Å². The molecule has 8 nitrogen and oxygen atoms in total. The number of halogens is 1. The highest BCUT2D eigenvalue weighted by atomic mass is 19.1. The summed E-state index contributed by atoms with van der Waals surface area (Å²) in [5.74, 6) is 1.07. The van der Waals surface area contributed by atoms with Crippen molar-refractivity contribution in [3.63, 3.8) is 0 Å². The highest BCUT2D eigenvalue weighted by molar-refractivity contribution is 5.94. The normalized spacial score (nSPS) is 24.3. The second-order valence-corrected chi connectivity index (χ2v) is 7.53. The lowest BCUT2D eigenvalue weighted by molar-refractivity contribution is 0.0983. The van der Waals surface area contributed by atoms with Gasteiger partial charge in [-0.25, -0.2) is 14.4 Å². The van der Waals surface area contributed by atoms with Gasteiger partial charge in [-0.2, -0.15) is 4.98 Å². The number of rotatable bonds is 6. The molecule has 1 saturated carbocycles. The zero-order chi connectivity index (χ0) is 20.2. The average molecular weight is 400 g/mol. The zero-order valence-electron chi connectivity index (χ0n) is 16.1. The summed E-state index contributed by atoms with van der Waals surface area (Å²) in [4.78, 5) is 26.5. The molecule has 9 heteroatoms. The van der Waals surface area contributed by atoms with Gasteiger partial charge in [0.05, 0.1) is 6.54 Å². The van der Waals surface area contributed by atoms with Crippen LogP contribution in [-0.2, 0) is 0 Å². The number of alkyl halides is 1. The van der Waals surface area contributed by atoms with Crippen LogP contribution in [0.2, 0.25) is 0 Å². The minimum Gasteiger partial charge on any atom is -0.474 e. The van der Waals surface area contributed by atoms with Crippen LogP contribution >= 0.6 is 0 Å². The van der Waals surface area contributed by atoms with Crippen LogP contribution in [0.5, 0.6) is 5.88 Å². The van der Waals surface area contributed by atoms with Crippen LogP contribution in [0.4, 0.5) is 16.2 Å². The third-order valence-electron chi connectivity index (χ3n) is 5.42. The molecule has 2 aromatic heterocycles. The fraction of sp³-hybridized carbons (Fsp3) is 0.500. The molecule has 4 rings (SSSR count). The standard InChI is InChI=1S/C20H25FN6O2/c21-13-8-11-27(12-13)17-7-10-24-20(26-17)25-14-3-5-15(6-4-14)29-19-16(18(22)28)2-1-9-23-19/h1-2,7,9-10,13-15H,3-6,8,11-12H2,(H2,22,28)(H,24,25,26)/t13-,14?,15?/m0/s1. The number of amides is 1. The van der Waals surface area contributed by atoms with Crippen LogP contribution in [0.3, 0.4) is 0 Å². The highest BCUT2D eigenvalue weighted by Gasteiger charge is 2.26. The number of carbonyl (C=O) groups excluding carboxylic acids is 1. The number of nitrogens with one attached hydrogen (secondary N) is 1. The molecule has 0 aromatic carbocycles. The Morgan fingerprint density at radius 3 is 2.72 bits per heavy atom. The van der Waals surface area contributed by atoms with E-state index in [1.54, 1.807) is 24.5 Å². The first-order chi connectivity index (χ1) is 14.1. The Morgan fingerprint density at radius 1 is 1.17 bits per heavy atom. The predicted octanol–water partition coefficient (Wildman–Crippen LogP) is 2.32. The predicted molar refractivity (Wildman–Crippen MR) is 107 cm³/mol. The molecule has 3 N–H and O–H groups in total. The topological polar surface area (TPSA) is 106 Å². The molecule has 0 unspecified atom stereocenters. The van der Waals surface area contributed by atoms with Gasteiger partial charge in [0, 0.05) is 25.0 Å². The number of anilines is 2. The molecular weight excluding hydrogens is 375 g/mol. The lowest BCUT2D eigenvalue weighted by Crippen LogP contribution is -2.32. The molecule has 1 aliphatic heterocycles. The fourth-order valence-electron chi connectivity index (χ4n) is 3.86. The second kappa shape index (κ2) is 8.59. The van der Waals surface area contributed by atoms with Crippen molar-refractivity contribution >= 4 is 17.7 Å². The Hall–Kier alpha value is -2.97. The zero-order valence-corrected chi connectivity index (χ0v) is 16.1. The summed E-state index contributed by atoms with van der Waals surface area (Å²) in [7, 11) is 0. The molecule has 1 amide bonds. The van der Waals surface area contributed by atoms with Crippen molar-refractivity contribution in [2.24, 2.45) is 5.73 Å². The van der Waals surface area contributed by atoms with E-state index < -0.39 is 12.1 Å². The van der Waals surface area contributed by atoms with E-state index in [0.717, 1.165) is 31.5 Å². The molecule has 154 valence electrons. The smallest absolute Gasteiger partial charge is 0.254 e. The van der Waals surface area contributed by atoms with Crippen LogP contribution in [0.15, 0.2) is 30.6 Å². The summed E-state index contributed by atoms with van der Waals surface area (Å²) in [6.07, 6.45) is 6.45. The van der Waals surface area contributed by atoms with Crippen LogP contribution in [0.25, 0.3) is 0 Å².